The summed E-state index contributed by atoms with van der Waals surface area (Å²) in [6.45, 7) is 2.05. The van der Waals surface area contributed by atoms with Crippen molar-refractivity contribution in [3.63, 3.8) is 0 Å². The van der Waals surface area contributed by atoms with E-state index in [4.69, 9.17) is 17.3 Å². The van der Waals surface area contributed by atoms with E-state index in [0.29, 0.717) is 16.8 Å². The quantitative estimate of drug-likeness (QED) is 0.898. The largest absolute Gasteiger partial charge is 0.384 e. The fraction of sp³-hybridized carbons (Fsp3) is 0.500. The SMILES string of the molecule is CC(C1CC1)N(C)C(=O)c1nc(N)ccc1Cl. The van der Waals surface area contributed by atoms with Crippen molar-refractivity contribution in [3.05, 3.63) is 22.8 Å². The highest BCUT2D eigenvalue weighted by Crippen LogP contribution is 2.35. The topological polar surface area (TPSA) is 59.2 Å². The molecule has 1 atom stereocenters. The van der Waals surface area contributed by atoms with Gasteiger partial charge in [0.05, 0.1) is 5.02 Å². The van der Waals surface area contributed by atoms with Crippen LogP contribution in [0.4, 0.5) is 5.82 Å². The number of nitrogens with zero attached hydrogens (tertiary/aromatic N) is 2. The lowest BCUT2D eigenvalue weighted by atomic mass is 10.2. The summed E-state index contributed by atoms with van der Waals surface area (Å²) in [5, 5.41) is 0.346. The summed E-state index contributed by atoms with van der Waals surface area (Å²) in [6.07, 6.45) is 2.38. The van der Waals surface area contributed by atoms with Gasteiger partial charge in [0, 0.05) is 13.1 Å². The molecular weight excluding hydrogens is 238 g/mol. The summed E-state index contributed by atoms with van der Waals surface area (Å²) in [5.41, 5.74) is 5.81. The number of rotatable bonds is 3. The Morgan fingerprint density at radius 1 is 1.59 bits per heavy atom. The molecule has 0 aromatic carbocycles. The van der Waals surface area contributed by atoms with Gasteiger partial charge in [0.1, 0.15) is 11.5 Å². The summed E-state index contributed by atoms with van der Waals surface area (Å²) in [6, 6.07) is 3.41. The fourth-order valence-corrected chi connectivity index (χ4v) is 2.04. The van der Waals surface area contributed by atoms with Crippen LogP contribution in [0, 0.1) is 5.92 Å². The number of carbonyl (C=O) groups excluding carboxylic acids is 1. The van der Waals surface area contributed by atoms with Gasteiger partial charge in [-0.05, 0) is 37.8 Å². The van der Waals surface area contributed by atoms with Gasteiger partial charge in [-0.25, -0.2) is 4.98 Å². The molecule has 0 bridgehead atoms. The third-order valence-corrected chi connectivity index (χ3v) is 3.61. The van der Waals surface area contributed by atoms with Gasteiger partial charge in [-0.2, -0.15) is 0 Å². The van der Waals surface area contributed by atoms with Gasteiger partial charge in [-0.3, -0.25) is 4.79 Å². The molecule has 5 heteroatoms. The van der Waals surface area contributed by atoms with Gasteiger partial charge in [-0.15, -0.1) is 0 Å². The number of pyridine rings is 1. The van der Waals surface area contributed by atoms with E-state index in [0.717, 1.165) is 0 Å². The van der Waals surface area contributed by atoms with Crippen molar-refractivity contribution < 1.29 is 4.79 Å². The van der Waals surface area contributed by atoms with Crippen molar-refractivity contribution in [2.24, 2.45) is 5.92 Å². The Kier molecular flexibility index (Phi) is 3.24. The minimum atomic E-state index is -0.165. The fourth-order valence-electron chi connectivity index (χ4n) is 1.85. The second kappa shape index (κ2) is 4.53. The lowest BCUT2D eigenvalue weighted by molar-refractivity contribution is 0.0721. The number of anilines is 1. The molecule has 0 radical (unpaired) electrons. The summed E-state index contributed by atoms with van der Waals surface area (Å²) < 4.78 is 0. The Morgan fingerprint density at radius 2 is 2.24 bits per heavy atom. The van der Waals surface area contributed by atoms with E-state index in [1.807, 2.05) is 0 Å². The van der Waals surface area contributed by atoms with Gasteiger partial charge in [0.15, 0.2) is 0 Å². The van der Waals surface area contributed by atoms with Crippen LogP contribution < -0.4 is 5.73 Å². The molecular formula is C12H16ClN3O. The van der Waals surface area contributed by atoms with E-state index in [1.54, 1.807) is 24.1 Å². The molecule has 1 aliphatic rings. The predicted molar refractivity (Wildman–Crippen MR) is 67.9 cm³/mol. The first-order valence-electron chi connectivity index (χ1n) is 5.70. The predicted octanol–water partition coefficient (Wildman–Crippen LogP) is 2.19. The number of carbonyl (C=O) groups is 1. The second-order valence-electron chi connectivity index (χ2n) is 4.56. The van der Waals surface area contributed by atoms with Crippen LogP contribution in [0.3, 0.4) is 0 Å². The molecule has 92 valence electrons. The highest BCUT2D eigenvalue weighted by molar-refractivity contribution is 6.33. The summed E-state index contributed by atoms with van der Waals surface area (Å²) in [5.74, 6) is 0.760. The van der Waals surface area contributed by atoms with Gasteiger partial charge in [0.2, 0.25) is 0 Å². The number of nitrogens with two attached hydrogens (primary N) is 1. The van der Waals surface area contributed by atoms with E-state index < -0.39 is 0 Å². The maximum Gasteiger partial charge on any atom is 0.274 e. The molecule has 1 fully saturated rings. The molecule has 0 spiro atoms. The smallest absolute Gasteiger partial charge is 0.274 e. The van der Waals surface area contributed by atoms with Crippen LogP contribution in [0.2, 0.25) is 5.02 Å². The van der Waals surface area contributed by atoms with Crippen LogP contribution in [-0.2, 0) is 0 Å². The average Bonchev–Trinajstić information content (AvgIpc) is 3.13. The van der Waals surface area contributed by atoms with Crippen molar-refractivity contribution in [1.82, 2.24) is 9.88 Å². The monoisotopic (exact) mass is 253 g/mol. The zero-order chi connectivity index (χ0) is 12.6. The van der Waals surface area contributed by atoms with E-state index in [9.17, 15) is 4.79 Å². The number of nitrogen functional groups attached to an aromatic ring is 1. The third kappa shape index (κ3) is 2.52. The lowest BCUT2D eigenvalue weighted by Crippen LogP contribution is -2.37. The molecule has 17 heavy (non-hydrogen) atoms. The van der Waals surface area contributed by atoms with E-state index in [-0.39, 0.29) is 17.6 Å². The first-order valence-corrected chi connectivity index (χ1v) is 6.07. The molecule has 1 saturated carbocycles. The number of aromatic nitrogens is 1. The lowest BCUT2D eigenvalue weighted by Gasteiger charge is -2.24. The van der Waals surface area contributed by atoms with Crippen molar-refractivity contribution in [1.29, 1.82) is 0 Å². The Balaban J connectivity index is 2.20. The normalized spacial score (nSPS) is 16.6. The molecule has 2 N–H and O–H groups in total. The standard InChI is InChI=1S/C12H16ClN3O/c1-7(8-3-4-8)16(2)12(17)11-9(13)5-6-10(14)15-11/h5-8H,3-4H2,1-2H3,(H2,14,15). The Labute approximate surface area is 106 Å². The molecule has 2 rings (SSSR count). The van der Waals surface area contributed by atoms with Gasteiger partial charge in [0.25, 0.3) is 5.91 Å². The number of hydrogen-bond acceptors (Lipinski definition) is 3. The summed E-state index contributed by atoms with van der Waals surface area (Å²) in [4.78, 5) is 17.9. The first-order chi connectivity index (χ1) is 8.00. The van der Waals surface area contributed by atoms with Gasteiger partial charge >= 0.3 is 0 Å². The second-order valence-corrected chi connectivity index (χ2v) is 4.97. The molecule has 0 saturated heterocycles. The number of halogens is 1. The molecule has 1 aliphatic carbocycles. The zero-order valence-electron chi connectivity index (χ0n) is 9.98. The molecule has 1 amide bonds. The maximum atomic E-state index is 12.2. The van der Waals surface area contributed by atoms with Crippen molar-refractivity contribution in [2.45, 2.75) is 25.8 Å². The van der Waals surface area contributed by atoms with Crippen LogP contribution >= 0.6 is 11.6 Å². The van der Waals surface area contributed by atoms with Gasteiger partial charge < -0.3 is 10.6 Å². The first kappa shape index (κ1) is 12.2. The summed E-state index contributed by atoms with van der Waals surface area (Å²) >= 11 is 5.97. The Bertz CT molecular complexity index is 445. The van der Waals surface area contributed by atoms with Gasteiger partial charge in [-0.1, -0.05) is 11.6 Å². The van der Waals surface area contributed by atoms with Crippen LogP contribution in [0.5, 0.6) is 0 Å². The molecule has 0 aliphatic heterocycles. The molecule has 1 aromatic heterocycles. The van der Waals surface area contributed by atoms with E-state index in [2.05, 4.69) is 11.9 Å². The highest BCUT2D eigenvalue weighted by atomic mass is 35.5. The maximum absolute atomic E-state index is 12.2. The van der Waals surface area contributed by atoms with Crippen molar-refractivity contribution in [3.8, 4) is 0 Å². The average molecular weight is 254 g/mol. The van der Waals surface area contributed by atoms with Crippen LogP contribution in [0.25, 0.3) is 0 Å². The van der Waals surface area contributed by atoms with Crippen LogP contribution in [0.15, 0.2) is 12.1 Å². The van der Waals surface area contributed by atoms with Crippen molar-refractivity contribution in [2.75, 3.05) is 12.8 Å². The molecule has 1 heterocycles. The van der Waals surface area contributed by atoms with Crippen LogP contribution in [-0.4, -0.2) is 28.9 Å². The van der Waals surface area contributed by atoms with E-state index >= 15 is 0 Å². The Hall–Kier alpha value is -1.29. The number of amides is 1. The third-order valence-electron chi connectivity index (χ3n) is 3.31. The van der Waals surface area contributed by atoms with Crippen molar-refractivity contribution >= 4 is 23.3 Å². The Morgan fingerprint density at radius 3 is 2.82 bits per heavy atom. The molecule has 1 aromatic rings. The van der Waals surface area contributed by atoms with E-state index in [1.165, 1.54) is 12.8 Å². The van der Waals surface area contributed by atoms with Crippen LogP contribution in [0.1, 0.15) is 30.3 Å². The minimum Gasteiger partial charge on any atom is -0.384 e. The minimum absolute atomic E-state index is 0.165. The zero-order valence-corrected chi connectivity index (χ0v) is 10.7. The highest BCUT2D eigenvalue weighted by Gasteiger charge is 2.33. The molecule has 1 unspecified atom stereocenters. The molecule has 4 nitrogen and oxygen atoms in total. The number of hydrogen-bond donors (Lipinski definition) is 1. The summed E-state index contributed by atoms with van der Waals surface area (Å²) in [7, 11) is 1.78.